The van der Waals surface area contributed by atoms with Crippen LogP contribution in [0.2, 0.25) is 0 Å². The van der Waals surface area contributed by atoms with Gasteiger partial charge in [-0.3, -0.25) is 9.69 Å². The van der Waals surface area contributed by atoms with Crippen LogP contribution in [0.1, 0.15) is 40.5 Å². The summed E-state index contributed by atoms with van der Waals surface area (Å²) >= 11 is 0. The summed E-state index contributed by atoms with van der Waals surface area (Å²) in [5, 5.41) is 6.56. The third kappa shape index (κ3) is 5.19. The highest BCUT2D eigenvalue weighted by Crippen LogP contribution is 2.31. The summed E-state index contributed by atoms with van der Waals surface area (Å²) in [4.78, 5) is 15.1. The number of aromatic nitrogens is 2. The van der Waals surface area contributed by atoms with Crippen LogP contribution in [0.15, 0.2) is 60.8 Å². The number of hydrogen-bond acceptors (Lipinski definition) is 4. The van der Waals surface area contributed by atoms with Gasteiger partial charge in [0, 0.05) is 23.9 Å². The maximum absolute atomic E-state index is 12.8. The summed E-state index contributed by atoms with van der Waals surface area (Å²) in [6.45, 7) is 2.32. The Labute approximate surface area is 190 Å². The molecular formula is C24H25F3N4O2. The van der Waals surface area contributed by atoms with Crippen molar-refractivity contribution in [1.29, 1.82) is 0 Å². The van der Waals surface area contributed by atoms with Crippen molar-refractivity contribution in [3.05, 3.63) is 77.6 Å². The Kier molecular flexibility index (Phi) is 6.69. The zero-order valence-corrected chi connectivity index (χ0v) is 18.2. The molecule has 1 aromatic heterocycles. The lowest BCUT2D eigenvalue weighted by atomic mass is 10.0. The van der Waals surface area contributed by atoms with Gasteiger partial charge in [-0.1, -0.05) is 18.2 Å². The van der Waals surface area contributed by atoms with E-state index in [0.717, 1.165) is 48.0 Å². The Bertz CT molecular complexity index is 1090. The van der Waals surface area contributed by atoms with E-state index in [4.69, 9.17) is 4.74 Å². The van der Waals surface area contributed by atoms with Gasteiger partial charge in [0.15, 0.2) is 5.69 Å². The van der Waals surface area contributed by atoms with Crippen molar-refractivity contribution in [3.63, 3.8) is 0 Å². The molecule has 1 unspecified atom stereocenters. The zero-order valence-electron chi connectivity index (χ0n) is 18.2. The number of para-hydroxylation sites is 1. The van der Waals surface area contributed by atoms with Gasteiger partial charge in [0.05, 0.1) is 18.8 Å². The van der Waals surface area contributed by atoms with E-state index in [1.54, 1.807) is 31.4 Å². The number of carbonyl (C=O) groups is 1. The fourth-order valence-corrected chi connectivity index (χ4v) is 4.11. The molecule has 0 aliphatic carbocycles. The molecule has 0 spiro atoms. The topological polar surface area (TPSA) is 59.4 Å². The highest BCUT2D eigenvalue weighted by atomic mass is 19.4. The molecular weight excluding hydrogens is 433 g/mol. The lowest BCUT2D eigenvalue weighted by Gasteiger charge is -2.29. The summed E-state index contributed by atoms with van der Waals surface area (Å²) < 4.78 is 45.0. The first kappa shape index (κ1) is 22.8. The predicted molar refractivity (Wildman–Crippen MR) is 117 cm³/mol. The van der Waals surface area contributed by atoms with Crippen molar-refractivity contribution in [3.8, 4) is 11.4 Å². The summed E-state index contributed by atoms with van der Waals surface area (Å²) in [7, 11) is 1.64. The van der Waals surface area contributed by atoms with Gasteiger partial charge in [-0.2, -0.15) is 18.3 Å². The van der Waals surface area contributed by atoms with E-state index < -0.39 is 11.9 Å². The van der Waals surface area contributed by atoms with E-state index >= 15 is 0 Å². The van der Waals surface area contributed by atoms with E-state index in [-0.39, 0.29) is 11.9 Å². The second kappa shape index (κ2) is 9.66. The van der Waals surface area contributed by atoms with Crippen molar-refractivity contribution < 1.29 is 22.7 Å². The van der Waals surface area contributed by atoms with Gasteiger partial charge < -0.3 is 10.1 Å². The molecule has 1 fully saturated rings. The maximum atomic E-state index is 12.8. The molecule has 174 valence electrons. The van der Waals surface area contributed by atoms with Crippen LogP contribution in [-0.2, 0) is 6.18 Å². The van der Waals surface area contributed by atoms with Gasteiger partial charge in [0.2, 0.25) is 0 Å². The number of ether oxygens (including phenoxy) is 1. The molecule has 33 heavy (non-hydrogen) atoms. The molecule has 1 amide bonds. The van der Waals surface area contributed by atoms with Crippen LogP contribution in [0.25, 0.3) is 5.69 Å². The van der Waals surface area contributed by atoms with Crippen molar-refractivity contribution >= 4 is 5.91 Å². The highest BCUT2D eigenvalue weighted by Gasteiger charge is 2.33. The number of carbonyl (C=O) groups excluding carboxylic acids is 1. The SMILES string of the molecule is COc1ccccc1C(CNC(=O)c1ccc(-n2ccc(C(F)(F)F)n2)cc1)N1CCCC1. The van der Waals surface area contributed by atoms with Crippen LogP contribution in [0, 0.1) is 0 Å². The average molecular weight is 458 g/mol. The Hall–Kier alpha value is -3.33. The monoisotopic (exact) mass is 458 g/mol. The molecule has 9 heteroatoms. The van der Waals surface area contributed by atoms with Crippen molar-refractivity contribution in [1.82, 2.24) is 20.0 Å². The molecule has 4 rings (SSSR count). The second-order valence-electron chi connectivity index (χ2n) is 7.90. The first-order valence-corrected chi connectivity index (χ1v) is 10.8. The van der Waals surface area contributed by atoms with Gasteiger partial charge in [-0.15, -0.1) is 0 Å². The average Bonchev–Trinajstić information content (AvgIpc) is 3.52. The fraction of sp³-hybridized carbons (Fsp3) is 0.333. The van der Waals surface area contributed by atoms with Crippen molar-refractivity contribution in [2.45, 2.75) is 25.1 Å². The third-order valence-electron chi connectivity index (χ3n) is 5.81. The van der Waals surface area contributed by atoms with E-state index in [9.17, 15) is 18.0 Å². The molecule has 2 heterocycles. The number of halogens is 3. The number of rotatable bonds is 7. The predicted octanol–water partition coefficient (Wildman–Crippen LogP) is 4.47. The molecule has 1 aliphatic rings. The highest BCUT2D eigenvalue weighted by molar-refractivity contribution is 5.94. The van der Waals surface area contributed by atoms with Gasteiger partial charge in [0.1, 0.15) is 5.75 Å². The van der Waals surface area contributed by atoms with Crippen LogP contribution in [0.4, 0.5) is 13.2 Å². The molecule has 1 aliphatic heterocycles. The van der Waals surface area contributed by atoms with Gasteiger partial charge in [-0.25, -0.2) is 4.68 Å². The van der Waals surface area contributed by atoms with Crippen molar-refractivity contribution in [2.75, 3.05) is 26.7 Å². The van der Waals surface area contributed by atoms with Gasteiger partial charge in [-0.05, 0) is 62.3 Å². The van der Waals surface area contributed by atoms with Crippen LogP contribution in [0.5, 0.6) is 5.75 Å². The summed E-state index contributed by atoms with van der Waals surface area (Å²) in [6.07, 6.45) is -1.03. The molecule has 0 saturated carbocycles. The van der Waals surface area contributed by atoms with Crippen molar-refractivity contribution in [2.24, 2.45) is 0 Å². The minimum absolute atomic E-state index is 0.0169. The zero-order chi connectivity index (χ0) is 23.4. The normalized spacial score (nSPS) is 15.4. The number of alkyl halides is 3. The number of likely N-dealkylation sites (tertiary alicyclic amines) is 1. The molecule has 1 atom stereocenters. The van der Waals surface area contributed by atoms with E-state index in [2.05, 4.69) is 15.3 Å². The number of nitrogens with zero attached hydrogens (tertiary/aromatic N) is 3. The number of benzene rings is 2. The largest absolute Gasteiger partial charge is 0.496 e. The summed E-state index contributed by atoms with van der Waals surface area (Å²) in [5.74, 6) is 0.530. The molecule has 0 bridgehead atoms. The quantitative estimate of drug-likeness (QED) is 0.568. The number of nitrogens with one attached hydrogen (secondary N) is 1. The first-order valence-electron chi connectivity index (χ1n) is 10.8. The molecule has 6 nitrogen and oxygen atoms in total. The Morgan fingerprint density at radius 2 is 1.79 bits per heavy atom. The molecule has 1 saturated heterocycles. The van der Waals surface area contributed by atoms with Crippen LogP contribution < -0.4 is 10.1 Å². The number of hydrogen-bond donors (Lipinski definition) is 1. The smallest absolute Gasteiger partial charge is 0.435 e. The lowest BCUT2D eigenvalue weighted by molar-refractivity contribution is -0.141. The summed E-state index contributed by atoms with van der Waals surface area (Å²) in [5.41, 5.74) is 0.915. The molecule has 2 aromatic carbocycles. The second-order valence-corrected chi connectivity index (χ2v) is 7.90. The van der Waals surface area contributed by atoms with Crippen LogP contribution in [-0.4, -0.2) is 47.3 Å². The van der Waals surface area contributed by atoms with E-state index in [1.807, 2.05) is 24.3 Å². The molecule has 3 aromatic rings. The lowest BCUT2D eigenvalue weighted by Crippen LogP contribution is -2.37. The van der Waals surface area contributed by atoms with E-state index in [1.165, 1.54) is 6.20 Å². The Morgan fingerprint density at radius 1 is 1.09 bits per heavy atom. The first-order chi connectivity index (χ1) is 15.9. The van der Waals surface area contributed by atoms with Crippen LogP contribution in [0.3, 0.4) is 0 Å². The van der Waals surface area contributed by atoms with Gasteiger partial charge >= 0.3 is 6.18 Å². The minimum Gasteiger partial charge on any atom is -0.496 e. The van der Waals surface area contributed by atoms with E-state index in [0.29, 0.717) is 17.8 Å². The molecule has 1 N–H and O–H groups in total. The minimum atomic E-state index is -4.50. The molecule has 0 radical (unpaired) electrons. The van der Waals surface area contributed by atoms with Gasteiger partial charge in [0.25, 0.3) is 5.91 Å². The Morgan fingerprint density at radius 3 is 2.42 bits per heavy atom. The Balaban J connectivity index is 1.46. The van der Waals surface area contributed by atoms with Crippen LogP contribution >= 0.6 is 0 Å². The number of methoxy groups -OCH3 is 1. The fourth-order valence-electron chi connectivity index (χ4n) is 4.11. The maximum Gasteiger partial charge on any atom is 0.435 e. The third-order valence-corrected chi connectivity index (χ3v) is 5.81. The summed E-state index contributed by atoms with van der Waals surface area (Å²) in [6, 6.07) is 15.0. The standard InChI is InChI=1S/C24H25F3N4O2/c1-33-21-7-3-2-6-19(21)20(30-13-4-5-14-30)16-28-23(32)17-8-10-18(11-9-17)31-15-12-22(29-31)24(25,26)27/h2-3,6-12,15,20H,4-5,13-14,16H2,1H3,(H,28,32). The number of amides is 1.